The standard InChI is InChI=1S/C22H24N4O3/c1-15(2)29-20-11-7-5-9-17(20)24-21-13-12-18(25-26-21)22(27)23-14-16-8-4-6-10-19(16)28-3/h4-13,15H,14H2,1-3H3,(H,23,27)(H,24,26). The summed E-state index contributed by atoms with van der Waals surface area (Å²) >= 11 is 0. The fourth-order valence-corrected chi connectivity index (χ4v) is 2.70. The van der Waals surface area contributed by atoms with E-state index >= 15 is 0 Å². The topological polar surface area (TPSA) is 85.4 Å². The van der Waals surface area contributed by atoms with Gasteiger partial charge >= 0.3 is 0 Å². The Hall–Kier alpha value is -3.61. The van der Waals surface area contributed by atoms with E-state index in [1.54, 1.807) is 19.2 Å². The third-order valence-corrected chi connectivity index (χ3v) is 4.04. The average molecular weight is 392 g/mol. The van der Waals surface area contributed by atoms with Crippen LogP contribution in [0.4, 0.5) is 11.5 Å². The molecule has 2 aromatic carbocycles. The zero-order valence-corrected chi connectivity index (χ0v) is 16.7. The molecule has 0 saturated carbocycles. The Morgan fingerprint density at radius 2 is 1.69 bits per heavy atom. The summed E-state index contributed by atoms with van der Waals surface area (Å²) in [7, 11) is 1.60. The molecule has 0 aliphatic carbocycles. The first-order valence-corrected chi connectivity index (χ1v) is 9.33. The smallest absolute Gasteiger partial charge is 0.272 e. The number of para-hydroxylation sites is 3. The van der Waals surface area contributed by atoms with Gasteiger partial charge in [0.05, 0.1) is 18.9 Å². The number of hydrogen-bond donors (Lipinski definition) is 2. The second-order valence-corrected chi connectivity index (χ2v) is 6.59. The zero-order valence-electron chi connectivity index (χ0n) is 16.7. The summed E-state index contributed by atoms with van der Waals surface area (Å²) < 4.78 is 11.1. The summed E-state index contributed by atoms with van der Waals surface area (Å²) in [5, 5.41) is 14.1. The molecule has 29 heavy (non-hydrogen) atoms. The molecule has 2 N–H and O–H groups in total. The van der Waals surface area contributed by atoms with Gasteiger partial charge < -0.3 is 20.1 Å². The largest absolute Gasteiger partial charge is 0.496 e. The number of nitrogens with zero attached hydrogens (tertiary/aromatic N) is 2. The molecule has 0 unspecified atom stereocenters. The number of nitrogens with one attached hydrogen (secondary N) is 2. The minimum absolute atomic E-state index is 0.0540. The first-order valence-electron chi connectivity index (χ1n) is 9.33. The second kappa shape index (κ2) is 9.54. The average Bonchev–Trinajstić information content (AvgIpc) is 2.74. The highest BCUT2D eigenvalue weighted by atomic mass is 16.5. The van der Waals surface area contributed by atoms with E-state index in [9.17, 15) is 4.79 Å². The van der Waals surface area contributed by atoms with Gasteiger partial charge in [-0.15, -0.1) is 10.2 Å². The first-order chi connectivity index (χ1) is 14.1. The van der Waals surface area contributed by atoms with Gasteiger partial charge in [0.15, 0.2) is 11.5 Å². The molecule has 150 valence electrons. The summed E-state index contributed by atoms with van der Waals surface area (Å²) in [6.07, 6.45) is 0.0540. The van der Waals surface area contributed by atoms with Crippen molar-refractivity contribution >= 4 is 17.4 Å². The maximum Gasteiger partial charge on any atom is 0.272 e. The van der Waals surface area contributed by atoms with E-state index in [0.717, 1.165) is 22.7 Å². The molecule has 0 saturated heterocycles. The van der Waals surface area contributed by atoms with Crippen molar-refractivity contribution in [1.82, 2.24) is 15.5 Å². The monoisotopic (exact) mass is 392 g/mol. The van der Waals surface area contributed by atoms with Crippen molar-refractivity contribution in [1.29, 1.82) is 0 Å². The minimum Gasteiger partial charge on any atom is -0.496 e. The van der Waals surface area contributed by atoms with Gasteiger partial charge in [-0.3, -0.25) is 4.79 Å². The number of carbonyl (C=O) groups excluding carboxylic acids is 1. The van der Waals surface area contributed by atoms with Crippen LogP contribution in [0, 0.1) is 0 Å². The first kappa shape index (κ1) is 20.1. The normalized spacial score (nSPS) is 10.5. The summed E-state index contributed by atoms with van der Waals surface area (Å²) in [5.41, 5.74) is 1.90. The maximum absolute atomic E-state index is 12.4. The SMILES string of the molecule is COc1ccccc1CNC(=O)c1ccc(Nc2ccccc2OC(C)C)nn1. The lowest BCUT2D eigenvalue weighted by Crippen LogP contribution is -2.24. The van der Waals surface area contributed by atoms with E-state index in [4.69, 9.17) is 9.47 Å². The van der Waals surface area contributed by atoms with E-state index < -0.39 is 0 Å². The van der Waals surface area contributed by atoms with Crippen LogP contribution in [-0.2, 0) is 6.54 Å². The highest BCUT2D eigenvalue weighted by Gasteiger charge is 2.11. The zero-order chi connectivity index (χ0) is 20.6. The van der Waals surface area contributed by atoms with Crippen LogP contribution >= 0.6 is 0 Å². The molecule has 1 aromatic heterocycles. The molecule has 0 aliphatic rings. The molecule has 0 radical (unpaired) electrons. The molecule has 7 heteroatoms. The van der Waals surface area contributed by atoms with Gasteiger partial charge in [0.25, 0.3) is 5.91 Å². The molecule has 0 spiro atoms. The van der Waals surface area contributed by atoms with Crippen molar-refractivity contribution in [3.05, 3.63) is 71.9 Å². The van der Waals surface area contributed by atoms with Gasteiger partial charge in [0.1, 0.15) is 11.5 Å². The lowest BCUT2D eigenvalue weighted by Gasteiger charge is -2.15. The van der Waals surface area contributed by atoms with Gasteiger partial charge in [0.2, 0.25) is 0 Å². The lowest BCUT2D eigenvalue weighted by atomic mass is 10.2. The van der Waals surface area contributed by atoms with Crippen LogP contribution in [0.2, 0.25) is 0 Å². The number of carbonyl (C=O) groups is 1. The van der Waals surface area contributed by atoms with E-state index in [-0.39, 0.29) is 17.7 Å². The number of aromatic nitrogens is 2. The second-order valence-electron chi connectivity index (χ2n) is 6.59. The van der Waals surface area contributed by atoms with Crippen LogP contribution in [0.1, 0.15) is 29.9 Å². The molecule has 0 fully saturated rings. The van der Waals surface area contributed by atoms with Crippen molar-refractivity contribution in [3.63, 3.8) is 0 Å². The molecule has 3 aromatic rings. The van der Waals surface area contributed by atoms with Crippen molar-refractivity contribution in [2.24, 2.45) is 0 Å². The molecule has 1 heterocycles. The van der Waals surface area contributed by atoms with E-state index in [0.29, 0.717) is 12.4 Å². The van der Waals surface area contributed by atoms with Crippen LogP contribution in [0.15, 0.2) is 60.7 Å². The predicted molar refractivity (Wildman–Crippen MR) is 112 cm³/mol. The summed E-state index contributed by atoms with van der Waals surface area (Å²) in [5.74, 6) is 1.66. The van der Waals surface area contributed by atoms with Crippen LogP contribution in [-0.4, -0.2) is 29.3 Å². The van der Waals surface area contributed by atoms with Crippen molar-refractivity contribution in [2.75, 3.05) is 12.4 Å². The van der Waals surface area contributed by atoms with Gasteiger partial charge in [-0.25, -0.2) is 0 Å². The summed E-state index contributed by atoms with van der Waals surface area (Å²) in [4.78, 5) is 12.4. The quantitative estimate of drug-likeness (QED) is 0.604. The van der Waals surface area contributed by atoms with E-state index in [2.05, 4.69) is 20.8 Å². The van der Waals surface area contributed by atoms with Gasteiger partial charge in [0, 0.05) is 12.1 Å². The van der Waals surface area contributed by atoms with Crippen molar-refractivity contribution in [3.8, 4) is 11.5 Å². The Morgan fingerprint density at radius 1 is 0.966 bits per heavy atom. The third kappa shape index (κ3) is 5.44. The molecule has 7 nitrogen and oxygen atoms in total. The Bertz CT molecular complexity index is 958. The number of ether oxygens (including phenoxy) is 2. The number of hydrogen-bond acceptors (Lipinski definition) is 6. The number of benzene rings is 2. The minimum atomic E-state index is -0.307. The molecular weight excluding hydrogens is 368 g/mol. The Labute approximate surface area is 170 Å². The Kier molecular flexibility index (Phi) is 6.63. The van der Waals surface area contributed by atoms with Crippen LogP contribution in [0.5, 0.6) is 11.5 Å². The third-order valence-electron chi connectivity index (χ3n) is 4.04. The lowest BCUT2D eigenvalue weighted by molar-refractivity contribution is 0.0944. The predicted octanol–water partition coefficient (Wildman–Crippen LogP) is 3.95. The van der Waals surface area contributed by atoms with Crippen molar-refractivity contribution < 1.29 is 14.3 Å². The molecule has 0 aliphatic heterocycles. The molecule has 1 amide bonds. The molecule has 0 bridgehead atoms. The molecule has 3 rings (SSSR count). The number of amides is 1. The number of methoxy groups -OCH3 is 1. The Morgan fingerprint density at radius 3 is 2.38 bits per heavy atom. The highest BCUT2D eigenvalue weighted by molar-refractivity contribution is 5.92. The molecule has 0 atom stereocenters. The van der Waals surface area contributed by atoms with Crippen molar-refractivity contribution in [2.45, 2.75) is 26.5 Å². The molecular formula is C22H24N4O3. The summed E-state index contributed by atoms with van der Waals surface area (Å²) in [6.45, 7) is 4.27. The number of rotatable bonds is 8. The Balaban J connectivity index is 1.64. The highest BCUT2D eigenvalue weighted by Crippen LogP contribution is 2.27. The van der Waals surface area contributed by atoms with Crippen LogP contribution in [0.25, 0.3) is 0 Å². The van der Waals surface area contributed by atoms with E-state index in [1.807, 2.05) is 62.4 Å². The van der Waals surface area contributed by atoms with Gasteiger partial charge in [-0.2, -0.15) is 0 Å². The number of anilines is 2. The summed E-state index contributed by atoms with van der Waals surface area (Å²) in [6, 6.07) is 18.4. The van der Waals surface area contributed by atoms with Crippen LogP contribution < -0.4 is 20.1 Å². The maximum atomic E-state index is 12.4. The van der Waals surface area contributed by atoms with E-state index in [1.165, 1.54) is 0 Å². The van der Waals surface area contributed by atoms with Gasteiger partial charge in [-0.1, -0.05) is 30.3 Å². The fourth-order valence-electron chi connectivity index (χ4n) is 2.70. The van der Waals surface area contributed by atoms with Gasteiger partial charge in [-0.05, 0) is 44.2 Å². The van der Waals surface area contributed by atoms with Crippen LogP contribution in [0.3, 0.4) is 0 Å². The fraction of sp³-hybridized carbons (Fsp3) is 0.227.